The number of ether oxygens (including phenoxy) is 2. The molecule has 2 rings (SSSR count). The third-order valence-corrected chi connectivity index (χ3v) is 2.39. The topological polar surface area (TPSA) is 18.5 Å². The van der Waals surface area contributed by atoms with Crippen LogP contribution in [0.3, 0.4) is 0 Å². The monoisotopic (exact) mass is 240 g/mol. The molecule has 1 aromatic rings. The van der Waals surface area contributed by atoms with Crippen molar-refractivity contribution in [1.82, 2.24) is 0 Å². The molecule has 0 spiro atoms. The van der Waals surface area contributed by atoms with Crippen LogP contribution in [0.4, 0.5) is 0 Å². The smallest absolute Gasteiger partial charge is 0.204 e. The largest absolute Gasteiger partial charge is 0.457 e. The zero-order valence-electron chi connectivity index (χ0n) is 7.43. The molecule has 0 bridgehead atoms. The minimum absolute atomic E-state index is 0.600. The molecule has 1 aromatic carbocycles. The van der Waals surface area contributed by atoms with Gasteiger partial charge in [-0.1, -0.05) is 0 Å². The lowest BCUT2D eigenvalue weighted by Gasteiger charge is -2.16. The zero-order valence-corrected chi connectivity index (χ0v) is 9.01. The molecule has 0 radical (unpaired) electrons. The van der Waals surface area contributed by atoms with E-state index in [2.05, 4.69) is 15.9 Å². The molecule has 0 aliphatic carbocycles. The van der Waals surface area contributed by atoms with Crippen LogP contribution < -0.4 is 9.47 Å². The molecular formula is C10H9BrO2. The van der Waals surface area contributed by atoms with Gasteiger partial charge >= 0.3 is 0 Å². The van der Waals surface area contributed by atoms with Crippen molar-refractivity contribution < 1.29 is 9.47 Å². The van der Waals surface area contributed by atoms with Crippen LogP contribution in [0.1, 0.15) is 11.1 Å². The molecule has 3 heteroatoms. The SMILES string of the molecule is Cc1cc2c(cc1C)OC(Br)=CO2. The van der Waals surface area contributed by atoms with Gasteiger partial charge in [-0.25, -0.2) is 0 Å². The molecule has 0 atom stereocenters. The third kappa shape index (κ3) is 1.56. The van der Waals surface area contributed by atoms with Gasteiger partial charge in [-0.2, -0.15) is 0 Å². The highest BCUT2D eigenvalue weighted by Crippen LogP contribution is 2.35. The van der Waals surface area contributed by atoms with Crippen molar-refractivity contribution in [3.05, 3.63) is 34.2 Å². The average molecular weight is 241 g/mol. The lowest BCUT2D eigenvalue weighted by atomic mass is 10.1. The molecule has 2 nitrogen and oxygen atoms in total. The average Bonchev–Trinajstić information content (AvgIpc) is 2.08. The fourth-order valence-electron chi connectivity index (χ4n) is 1.17. The van der Waals surface area contributed by atoms with E-state index in [9.17, 15) is 0 Å². The van der Waals surface area contributed by atoms with Gasteiger partial charge in [0, 0.05) is 0 Å². The molecule has 0 saturated heterocycles. The number of fused-ring (bicyclic) bond motifs is 1. The first-order valence-electron chi connectivity index (χ1n) is 3.98. The summed E-state index contributed by atoms with van der Waals surface area (Å²) in [4.78, 5) is 0. The Morgan fingerprint density at radius 2 is 1.69 bits per heavy atom. The summed E-state index contributed by atoms with van der Waals surface area (Å²) in [5.74, 6) is 1.53. The second-order valence-electron chi connectivity index (χ2n) is 3.03. The number of halogens is 1. The summed E-state index contributed by atoms with van der Waals surface area (Å²) in [7, 11) is 0. The Morgan fingerprint density at radius 3 is 2.38 bits per heavy atom. The van der Waals surface area contributed by atoms with Crippen molar-refractivity contribution in [3.8, 4) is 11.5 Å². The van der Waals surface area contributed by atoms with Gasteiger partial charge in [0.1, 0.15) is 6.26 Å². The van der Waals surface area contributed by atoms with Crippen molar-refractivity contribution in [2.75, 3.05) is 0 Å². The fourth-order valence-corrected chi connectivity index (χ4v) is 1.44. The number of rotatable bonds is 0. The van der Waals surface area contributed by atoms with E-state index < -0.39 is 0 Å². The predicted octanol–water partition coefficient (Wildman–Crippen LogP) is 3.27. The zero-order chi connectivity index (χ0) is 9.42. The number of benzene rings is 1. The summed E-state index contributed by atoms with van der Waals surface area (Å²) in [5, 5.41) is 0. The summed E-state index contributed by atoms with van der Waals surface area (Å²) in [5.41, 5.74) is 2.40. The minimum atomic E-state index is 0.600. The Hall–Kier alpha value is -0.960. The highest BCUT2D eigenvalue weighted by atomic mass is 79.9. The van der Waals surface area contributed by atoms with Gasteiger partial charge in [0.2, 0.25) is 4.67 Å². The van der Waals surface area contributed by atoms with Crippen LogP contribution in [-0.4, -0.2) is 0 Å². The molecule has 0 amide bonds. The quantitative estimate of drug-likeness (QED) is 0.693. The Balaban J connectivity index is 2.48. The van der Waals surface area contributed by atoms with Gasteiger partial charge < -0.3 is 9.47 Å². The van der Waals surface area contributed by atoms with Crippen LogP contribution in [0.5, 0.6) is 11.5 Å². The van der Waals surface area contributed by atoms with Crippen LogP contribution in [0.2, 0.25) is 0 Å². The first-order valence-corrected chi connectivity index (χ1v) is 4.77. The second kappa shape index (κ2) is 3.07. The number of hydrogen-bond acceptors (Lipinski definition) is 2. The van der Waals surface area contributed by atoms with Crippen LogP contribution in [0.15, 0.2) is 23.1 Å². The van der Waals surface area contributed by atoms with E-state index in [-0.39, 0.29) is 0 Å². The molecule has 0 N–H and O–H groups in total. The van der Waals surface area contributed by atoms with E-state index in [4.69, 9.17) is 9.47 Å². The van der Waals surface area contributed by atoms with E-state index >= 15 is 0 Å². The Kier molecular flexibility index (Phi) is 2.04. The van der Waals surface area contributed by atoms with Gasteiger partial charge in [-0.15, -0.1) is 0 Å². The molecule has 68 valence electrons. The molecular weight excluding hydrogens is 232 g/mol. The number of aryl methyl sites for hydroxylation is 2. The van der Waals surface area contributed by atoms with Crippen LogP contribution in [0.25, 0.3) is 0 Å². The van der Waals surface area contributed by atoms with Gasteiger partial charge in [-0.05, 0) is 53.0 Å². The molecule has 0 aromatic heterocycles. The van der Waals surface area contributed by atoms with E-state index in [1.54, 1.807) is 0 Å². The lowest BCUT2D eigenvalue weighted by molar-refractivity contribution is 0.353. The van der Waals surface area contributed by atoms with Crippen molar-refractivity contribution in [3.63, 3.8) is 0 Å². The maximum atomic E-state index is 5.42. The maximum Gasteiger partial charge on any atom is 0.204 e. The molecule has 13 heavy (non-hydrogen) atoms. The van der Waals surface area contributed by atoms with Crippen LogP contribution in [-0.2, 0) is 0 Å². The number of hydrogen-bond donors (Lipinski definition) is 0. The maximum absolute atomic E-state index is 5.42. The van der Waals surface area contributed by atoms with Gasteiger partial charge in [0.05, 0.1) is 0 Å². The molecule has 1 aliphatic heterocycles. The Morgan fingerprint density at radius 1 is 1.08 bits per heavy atom. The minimum Gasteiger partial charge on any atom is -0.457 e. The molecule has 0 fully saturated rings. The van der Waals surface area contributed by atoms with Crippen molar-refractivity contribution >= 4 is 15.9 Å². The highest BCUT2D eigenvalue weighted by molar-refractivity contribution is 9.11. The van der Waals surface area contributed by atoms with E-state index in [0.29, 0.717) is 4.67 Å². The second-order valence-corrected chi connectivity index (χ2v) is 3.81. The predicted molar refractivity (Wildman–Crippen MR) is 54.2 cm³/mol. The van der Waals surface area contributed by atoms with Crippen LogP contribution >= 0.6 is 15.9 Å². The standard InChI is InChI=1S/C10H9BrO2/c1-6-3-8-9(4-7(6)2)13-10(11)5-12-8/h3-5H,1-2H3. The van der Waals surface area contributed by atoms with E-state index in [0.717, 1.165) is 11.5 Å². The van der Waals surface area contributed by atoms with Crippen LogP contribution in [0, 0.1) is 13.8 Å². The first-order chi connectivity index (χ1) is 6.16. The molecule has 0 unspecified atom stereocenters. The Bertz CT molecular complexity index is 383. The van der Waals surface area contributed by atoms with E-state index in [1.807, 2.05) is 26.0 Å². The van der Waals surface area contributed by atoms with Crippen molar-refractivity contribution in [1.29, 1.82) is 0 Å². The third-order valence-electron chi connectivity index (χ3n) is 2.05. The fraction of sp³-hybridized carbons (Fsp3) is 0.200. The normalized spacial score (nSPS) is 13.9. The molecule has 1 heterocycles. The summed E-state index contributed by atoms with van der Waals surface area (Å²) < 4.78 is 11.4. The summed E-state index contributed by atoms with van der Waals surface area (Å²) in [6.07, 6.45) is 1.54. The highest BCUT2D eigenvalue weighted by Gasteiger charge is 2.13. The van der Waals surface area contributed by atoms with Crippen molar-refractivity contribution in [2.24, 2.45) is 0 Å². The van der Waals surface area contributed by atoms with Gasteiger partial charge in [-0.3, -0.25) is 0 Å². The van der Waals surface area contributed by atoms with E-state index in [1.165, 1.54) is 17.4 Å². The summed E-state index contributed by atoms with van der Waals surface area (Å²) in [6.45, 7) is 4.09. The van der Waals surface area contributed by atoms with Gasteiger partial charge in [0.25, 0.3) is 0 Å². The van der Waals surface area contributed by atoms with Gasteiger partial charge in [0.15, 0.2) is 11.5 Å². The Labute approximate surface area is 85.3 Å². The lowest BCUT2D eigenvalue weighted by Crippen LogP contribution is -2.01. The first kappa shape index (κ1) is 8.63. The van der Waals surface area contributed by atoms with Crippen molar-refractivity contribution in [2.45, 2.75) is 13.8 Å². The summed E-state index contributed by atoms with van der Waals surface area (Å²) >= 11 is 3.22. The molecule has 1 aliphatic rings. The molecule has 0 saturated carbocycles. The summed E-state index contributed by atoms with van der Waals surface area (Å²) in [6, 6.07) is 3.94.